The molecule has 0 atom stereocenters. The Hall–Kier alpha value is -2.28. The number of nitrogens with one attached hydrogen (secondary N) is 1. The second kappa shape index (κ2) is 3.70. The van der Waals surface area contributed by atoms with E-state index in [1.54, 1.807) is 13.0 Å². The number of hydrogen-bond acceptors (Lipinski definition) is 6. The van der Waals surface area contributed by atoms with Gasteiger partial charge in [0.05, 0.1) is 10.4 Å². The van der Waals surface area contributed by atoms with Crippen LogP contribution in [0.4, 0.5) is 11.5 Å². The lowest BCUT2D eigenvalue weighted by atomic mass is 10.2. The van der Waals surface area contributed by atoms with Crippen LogP contribution in [0.5, 0.6) is 0 Å². The molecule has 0 fully saturated rings. The summed E-state index contributed by atoms with van der Waals surface area (Å²) in [6.07, 6.45) is 0. The number of anilines is 1. The Bertz CT molecular complexity index is 569. The van der Waals surface area contributed by atoms with Crippen LogP contribution in [0.15, 0.2) is 18.2 Å². The fraction of sp³-hybridized carbons (Fsp3) is 0.111. The summed E-state index contributed by atoms with van der Waals surface area (Å²) in [4.78, 5) is 18.3. The zero-order valence-corrected chi connectivity index (χ0v) is 8.47. The van der Waals surface area contributed by atoms with Crippen molar-refractivity contribution in [3.8, 4) is 0 Å². The van der Waals surface area contributed by atoms with E-state index in [-0.39, 0.29) is 5.69 Å². The van der Waals surface area contributed by atoms with Crippen molar-refractivity contribution >= 4 is 22.4 Å². The van der Waals surface area contributed by atoms with E-state index in [1.807, 2.05) is 0 Å². The van der Waals surface area contributed by atoms with Crippen molar-refractivity contribution in [2.45, 2.75) is 6.92 Å². The average Bonchev–Trinajstić information content (AvgIpc) is 2.26. The van der Waals surface area contributed by atoms with Crippen LogP contribution in [0.3, 0.4) is 0 Å². The second-order valence-electron chi connectivity index (χ2n) is 3.22. The van der Waals surface area contributed by atoms with E-state index in [1.165, 1.54) is 12.1 Å². The predicted molar refractivity (Wildman–Crippen MR) is 58.7 cm³/mol. The lowest BCUT2D eigenvalue weighted by Crippen LogP contribution is -2.10. The first-order valence-electron chi connectivity index (χ1n) is 4.51. The fourth-order valence-electron chi connectivity index (χ4n) is 1.46. The van der Waals surface area contributed by atoms with Crippen LogP contribution in [0.1, 0.15) is 5.82 Å². The normalized spacial score (nSPS) is 10.4. The first kappa shape index (κ1) is 10.2. The van der Waals surface area contributed by atoms with Gasteiger partial charge >= 0.3 is 0 Å². The lowest BCUT2D eigenvalue weighted by molar-refractivity contribution is -0.384. The van der Waals surface area contributed by atoms with Gasteiger partial charge in [-0.3, -0.25) is 10.1 Å². The molecular formula is C9H9N5O2. The van der Waals surface area contributed by atoms with Crippen molar-refractivity contribution in [1.29, 1.82) is 0 Å². The number of nitrogens with two attached hydrogens (primary N) is 1. The van der Waals surface area contributed by atoms with Crippen molar-refractivity contribution in [1.82, 2.24) is 9.97 Å². The predicted octanol–water partition coefficient (Wildman–Crippen LogP) is 1.13. The number of benzene rings is 1. The Labute approximate surface area is 90.4 Å². The van der Waals surface area contributed by atoms with E-state index < -0.39 is 4.92 Å². The quantitative estimate of drug-likeness (QED) is 0.445. The molecule has 0 amide bonds. The van der Waals surface area contributed by atoms with Crippen molar-refractivity contribution in [3.05, 3.63) is 34.1 Å². The summed E-state index contributed by atoms with van der Waals surface area (Å²) in [5, 5.41) is 11.3. The molecule has 0 aliphatic carbocycles. The third kappa shape index (κ3) is 1.63. The highest BCUT2D eigenvalue weighted by Crippen LogP contribution is 2.23. The van der Waals surface area contributed by atoms with Gasteiger partial charge in [0.25, 0.3) is 5.69 Å². The molecule has 1 aromatic heterocycles. The van der Waals surface area contributed by atoms with E-state index in [0.717, 1.165) is 0 Å². The molecule has 0 saturated heterocycles. The molecule has 0 spiro atoms. The summed E-state index contributed by atoms with van der Waals surface area (Å²) in [6, 6.07) is 4.36. The number of hydrazine groups is 1. The van der Waals surface area contributed by atoms with Gasteiger partial charge in [0, 0.05) is 17.5 Å². The van der Waals surface area contributed by atoms with Gasteiger partial charge in [0.1, 0.15) is 5.82 Å². The number of fused-ring (bicyclic) bond motifs is 1. The highest BCUT2D eigenvalue weighted by molar-refractivity contribution is 5.90. The number of aryl methyl sites for hydroxylation is 1. The monoisotopic (exact) mass is 219 g/mol. The smallest absolute Gasteiger partial charge is 0.271 e. The maximum absolute atomic E-state index is 10.6. The minimum absolute atomic E-state index is 0.00595. The first-order chi connectivity index (χ1) is 7.61. The summed E-state index contributed by atoms with van der Waals surface area (Å²) in [6.45, 7) is 1.69. The highest BCUT2D eigenvalue weighted by atomic mass is 16.6. The van der Waals surface area contributed by atoms with E-state index >= 15 is 0 Å². The number of nitrogens with zero attached hydrogens (tertiary/aromatic N) is 3. The maximum atomic E-state index is 10.6. The minimum Gasteiger partial charge on any atom is -0.308 e. The molecule has 7 heteroatoms. The van der Waals surface area contributed by atoms with Gasteiger partial charge in [-0.25, -0.2) is 15.8 Å². The SMILES string of the molecule is Cc1nc(NN)c2ccc([N+](=O)[O-])cc2n1. The second-order valence-corrected chi connectivity index (χ2v) is 3.22. The van der Waals surface area contributed by atoms with Gasteiger partial charge in [-0.15, -0.1) is 0 Å². The Morgan fingerprint density at radius 1 is 1.44 bits per heavy atom. The van der Waals surface area contributed by atoms with Gasteiger partial charge in [0.2, 0.25) is 0 Å². The van der Waals surface area contributed by atoms with Crippen molar-refractivity contribution in [3.63, 3.8) is 0 Å². The molecule has 2 rings (SSSR count). The minimum atomic E-state index is -0.466. The number of aromatic nitrogens is 2. The summed E-state index contributed by atoms with van der Waals surface area (Å²) >= 11 is 0. The molecule has 82 valence electrons. The molecule has 3 N–H and O–H groups in total. The van der Waals surface area contributed by atoms with Crippen molar-refractivity contribution < 1.29 is 4.92 Å². The number of rotatable bonds is 2. The Morgan fingerprint density at radius 2 is 2.19 bits per heavy atom. The molecule has 1 aromatic carbocycles. The molecule has 1 heterocycles. The number of nitrogen functional groups attached to an aromatic ring is 1. The van der Waals surface area contributed by atoms with Gasteiger partial charge in [0.15, 0.2) is 5.82 Å². The van der Waals surface area contributed by atoms with Gasteiger partial charge < -0.3 is 5.43 Å². The Balaban J connectivity index is 2.74. The Kier molecular flexibility index (Phi) is 2.37. The summed E-state index contributed by atoms with van der Waals surface area (Å²) in [7, 11) is 0. The molecule has 16 heavy (non-hydrogen) atoms. The van der Waals surface area contributed by atoms with Gasteiger partial charge in [-0.1, -0.05) is 0 Å². The molecule has 0 bridgehead atoms. The number of nitro groups is 1. The van der Waals surface area contributed by atoms with E-state index in [2.05, 4.69) is 15.4 Å². The largest absolute Gasteiger partial charge is 0.308 e. The van der Waals surface area contributed by atoms with Crippen LogP contribution in [0.2, 0.25) is 0 Å². The molecule has 0 aliphatic rings. The van der Waals surface area contributed by atoms with Crippen LogP contribution in [0.25, 0.3) is 10.9 Å². The van der Waals surface area contributed by atoms with Crippen LogP contribution in [-0.2, 0) is 0 Å². The highest BCUT2D eigenvalue weighted by Gasteiger charge is 2.10. The molecule has 0 aliphatic heterocycles. The Morgan fingerprint density at radius 3 is 2.81 bits per heavy atom. The zero-order valence-electron chi connectivity index (χ0n) is 8.47. The average molecular weight is 219 g/mol. The molecular weight excluding hydrogens is 210 g/mol. The summed E-state index contributed by atoms with van der Waals surface area (Å²) in [5.41, 5.74) is 2.93. The topological polar surface area (TPSA) is 107 Å². The fourth-order valence-corrected chi connectivity index (χ4v) is 1.46. The third-order valence-corrected chi connectivity index (χ3v) is 2.14. The molecule has 0 unspecified atom stereocenters. The van der Waals surface area contributed by atoms with Gasteiger partial charge in [-0.05, 0) is 13.0 Å². The number of nitro benzene ring substituents is 1. The summed E-state index contributed by atoms with van der Waals surface area (Å²) < 4.78 is 0. The zero-order chi connectivity index (χ0) is 11.7. The molecule has 7 nitrogen and oxygen atoms in total. The third-order valence-electron chi connectivity index (χ3n) is 2.14. The van der Waals surface area contributed by atoms with Gasteiger partial charge in [-0.2, -0.15) is 0 Å². The van der Waals surface area contributed by atoms with E-state index in [0.29, 0.717) is 22.5 Å². The molecule has 0 saturated carbocycles. The number of non-ortho nitro benzene ring substituents is 1. The van der Waals surface area contributed by atoms with Crippen molar-refractivity contribution in [2.24, 2.45) is 5.84 Å². The molecule has 2 aromatic rings. The van der Waals surface area contributed by atoms with Crippen LogP contribution >= 0.6 is 0 Å². The maximum Gasteiger partial charge on any atom is 0.271 e. The standard InChI is InChI=1S/C9H9N5O2/c1-5-11-8-4-6(14(15)16)2-3-7(8)9(12-5)13-10/h2-4H,10H2,1H3,(H,11,12,13). The van der Waals surface area contributed by atoms with Crippen LogP contribution in [-0.4, -0.2) is 14.9 Å². The van der Waals surface area contributed by atoms with Crippen LogP contribution in [0, 0.1) is 17.0 Å². The first-order valence-corrected chi connectivity index (χ1v) is 4.51. The summed E-state index contributed by atoms with van der Waals surface area (Å²) in [5.74, 6) is 6.27. The van der Waals surface area contributed by atoms with E-state index in [4.69, 9.17) is 5.84 Å². The van der Waals surface area contributed by atoms with Crippen molar-refractivity contribution in [2.75, 3.05) is 5.43 Å². The lowest BCUT2D eigenvalue weighted by Gasteiger charge is -2.05. The van der Waals surface area contributed by atoms with E-state index in [9.17, 15) is 10.1 Å². The molecule has 0 radical (unpaired) electrons. The van der Waals surface area contributed by atoms with Crippen LogP contribution < -0.4 is 11.3 Å². The number of hydrogen-bond donors (Lipinski definition) is 2.